The molecule has 0 saturated heterocycles. The molecular weight excluding hydrogens is 366 g/mol. The van der Waals surface area contributed by atoms with Crippen LogP contribution in [0.4, 0.5) is 17.1 Å². The van der Waals surface area contributed by atoms with Gasteiger partial charge in [-0.05, 0) is 62.2 Å². The van der Waals surface area contributed by atoms with Crippen LogP contribution in [0.25, 0.3) is 0 Å². The van der Waals surface area contributed by atoms with E-state index < -0.39 is 5.97 Å². The average Bonchev–Trinajstić information content (AvgIpc) is 2.71. The van der Waals surface area contributed by atoms with Crippen LogP contribution in [0.2, 0.25) is 0 Å². The fourth-order valence-electron chi connectivity index (χ4n) is 3.16. The number of methoxy groups -OCH3 is 1. The molecule has 0 spiro atoms. The van der Waals surface area contributed by atoms with Gasteiger partial charge in [0.15, 0.2) is 0 Å². The molecule has 0 aliphatic heterocycles. The lowest BCUT2D eigenvalue weighted by Gasteiger charge is -2.14. The van der Waals surface area contributed by atoms with Crippen molar-refractivity contribution in [3.05, 3.63) is 82.7 Å². The number of benzene rings is 2. The lowest BCUT2D eigenvalue weighted by Crippen LogP contribution is -2.13. The molecule has 2 N–H and O–H groups in total. The second kappa shape index (κ2) is 8.56. The van der Waals surface area contributed by atoms with Crippen molar-refractivity contribution in [2.24, 2.45) is 0 Å². The van der Waals surface area contributed by atoms with Gasteiger partial charge in [0.25, 0.3) is 5.91 Å². The monoisotopic (exact) mass is 389 g/mol. The zero-order valence-electron chi connectivity index (χ0n) is 16.9. The van der Waals surface area contributed by atoms with Gasteiger partial charge in [0, 0.05) is 17.6 Å². The van der Waals surface area contributed by atoms with E-state index in [1.54, 1.807) is 36.5 Å². The highest BCUT2D eigenvalue weighted by atomic mass is 16.5. The SMILES string of the molecule is COC(=O)c1ccc(NC(=O)c2cncc(Nc3c(C)cc(C)cc3C)c2)cc1. The molecule has 3 aromatic rings. The first-order chi connectivity index (χ1) is 13.9. The molecule has 1 amide bonds. The summed E-state index contributed by atoms with van der Waals surface area (Å²) >= 11 is 0. The number of hydrogen-bond donors (Lipinski definition) is 2. The van der Waals surface area contributed by atoms with Crippen LogP contribution in [0.15, 0.2) is 54.9 Å². The van der Waals surface area contributed by atoms with E-state index >= 15 is 0 Å². The highest BCUT2D eigenvalue weighted by Crippen LogP contribution is 2.26. The molecule has 0 radical (unpaired) electrons. The molecule has 0 bridgehead atoms. The molecule has 0 aliphatic rings. The van der Waals surface area contributed by atoms with Crippen molar-refractivity contribution in [3.63, 3.8) is 0 Å². The molecule has 0 aliphatic carbocycles. The maximum absolute atomic E-state index is 12.6. The lowest BCUT2D eigenvalue weighted by atomic mass is 10.0. The molecule has 0 saturated carbocycles. The number of aromatic nitrogens is 1. The molecule has 2 aromatic carbocycles. The first-order valence-corrected chi connectivity index (χ1v) is 9.17. The maximum atomic E-state index is 12.6. The van der Waals surface area contributed by atoms with E-state index in [2.05, 4.69) is 39.4 Å². The van der Waals surface area contributed by atoms with Gasteiger partial charge < -0.3 is 15.4 Å². The Labute approximate surface area is 169 Å². The van der Waals surface area contributed by atoms with Crippen molar-refractivity contribution in [3.8, 4) is 0 Å². The third-order valence-corrected chi connectivity index (χ3v) is 4.51. The number of rotatable bonds is 5. The summed E-state index contributed by atoms with van der Waals surface area (Å²) in [5, 5.41) is 6.16. The summed E-state index contributed by atoms with van der Waals surface area (Å²) in [5.41, 5.74) is 6.62. The maximum Gasteiger partial charge on any atom is 0.337 e. The van der Waals surface area contributed by atoms with Crippen LogP contribution >= 0.6 is 0 Å². The molecule has 0 atom stereocenters. The largest absolute Gasteiger partial charge is 0.465 e. The fraction of sp³-hybridized carbons (Fsp3) is 0.174. The highest BCUT2D eigenvalue weighted by Gasteiger charge is 2.11. The van der Waals surface area contributed by atoms with E-state index in [9.17, 15) is 9.59 Å². The first-order valence-electron chi connectivity index (χ1n) is 9.17. The van der Waals surface area contributed by atoms with Gasteiger partial charge in [-0.3, -0.25) is 9.78 Å². The van der Waals surface area contributed by atoms with Gasteiger partial charge in [-0.2, -0.15) is 0 Å². The van der Waals surface area contributed by atoms with E-state index in [4.69, 9.17) is 0 Å². The van der Waals surface area contributed by atoms with Crippen molar-refractivity contribution in [2.75, 3.05) is 17.7 Å². The van der Waals surface area contributed by atoms with Gasteiger partial charge in [0.1, 0.15) is 0 Å². The third-order valence-electron chi connectivity index (χ3n) is 4.51. The van der Waals surface area contributed by atoms with Crippen LogP contribution < -0.4 is 10.6 Å². The molecule has 6 nitrogen and oxygen atoms in total. The average molecular weight is 389 g/mol. The Hall–Kier alpha value is -3.67. The zero-order chi connectivity index (χ0) is 21.0. The van der Waals surface area contributed by atoms with Crippen molar-refractivity contribution >= 4 is 28.9 Å². The Kier molecular flexibility index (Phi) is 5.93. The molecule has 29 heavy (non-hydrogen) atoms. The molecule has 0 unspecified atom stereocenters. The van der Waals surface area contributed by atoms with Gasteiger partial charge in [-0.25, -0.2) is 4.79 Å². The Morgan fingerprint density at radius 2 is 1.52 bits per heavy atom. The van der Waals surface area contributed by atoms with Crippen LogP contribution in [0.1, 0.15) is 37.4 Å². The quantitative estimate of drug-likeness (QED) is 0.613. The second-order valence-corrected chi connectivity index (χ2v) is 6.88. The number of nitrogens with zero attached hydrogens (tertiary/aromatic N) is 1. The molecule has 1 aromatic heterocycles. The van der Waals surface area contributed by atoms with E-state index in [0.29, 0.717) is 16.8 Å². The van der Waals surface area contributed by atoms with Crippen molar-refractivity contribution in [2.45, 2.75) is 20.8 Å². The van der Waals surface area contributed by atoms with Gasteiger partial charge in [0.2, 0.25) is 0 Å². The van der Waals surface area contributed by atoms with Gasteiger partial charge in [0.05, 0.1) is 30.1 Å². The van der Waals surface area contributed by atoms with Gasteiger partial charge in [-0.1, -0.05) is 17.7 Å². The van der Waals surface area contributed by atoms with Crippen LogP contribution in [-0.4, -0.2) is 24.0 Å². The molecule has 3 rings (SSSR count). The predicted octanol–water partition coefficient (Wildman–Crippen LogP) is 4.79. The Morgan fingerprint density at radius 3 is 2.14 bits per heavy atom. The topological polar surface area (TPSA) is 80.3 Å². The third kappa shape index (κ3) is 4.79. The molecule has 148 valence electrons. The number of pyridine rings is 1. The summed E-state index contributed by atoms with van der Waals surface area (Å²) in [6, 6.07) is 12.5. The van der Waals surface area contributed by atoms with Crippen LogP contribution in [0.5, 0.6) is 0 Å². The van der Waals surface area contributed by atoms with Crippen molar-refractivity contribution < 1.29 is 14.3 Å². The molecular formula is C23H23N3O3. The normalized spacial score (nSPS) is 10.3. The summed E-state index contributed by atoms with van der Waals surface area (Å²) in [5.74, 6) is -0.711. The summed E-state index contributed by atoms with van der Waals surface area (Å²) in [7, 11) is 1.33. The minimum atomic E-state index is -0.424. The molecule has 6 heteroatoms. The van der Waals surface area contributed by atoms with E-state index in [0.717, 1.165) is 22.5 Å². The van der Waals surface area contributed by atoms with Crippen molar-refractivity contribution in [1.29, 1.82) is 0 Å². The molecule has 0 fully saturated rings. The summed E-state index contributed by atoms with van der Waals surface area (Å²) in [6.45, 7) is 6.16. The summed E-state index contributed by atoms with van der Waals surface area (Å²) < 4.78 is 4.67. The number of aryl methyl sites for hydroxylation is 3. The minimum absolute atomic E-state index is 0.288. The van der Waals surface area contributed by atoms with Crippen LogP contribution in [0.3, 0.4) is 0 Å². The Balaban J connectivity index is 1.75. The van der Waals surface area contributed by atoms with Crippen LogP contribution in [0, 0.1) is 20.8 Å². The number of carbonyl (C=O) groups excluding carboxylic acids is 2. The number of ether oxygens (including phenoxy) is 1. The Bertz CT molecular complexity index is 1040. The summed E-state index contributed by atoms with van der Waals surface area (Å²) in [4.78, 5) is 28.3. The number of nitrogens with one attached hydrogen (secondary N) is 2. The fourth-order valence-corrected chi connectivity index (χ4v) is 3.16. The first kappa shape index (κ1) is 20.1. The van der Waals surface area contributed by atoms with Crippen molar-refractivity contribution in [1.82, 2.24) is 4.98 Å². The minimum Gasteiger partial charge on any atom is -0.465 e. The van der Waals surface area contributed by atoms with Gasteiger partial charge in [-0.15, -0.1) is 0 Å². The smallest absolute Gasteiger partial charge is 0.337 e. The number of esters is 1. The zero-order valence-corrected chi connectivity index (χ0v) is 16.9. The van der Waals surface area contributed by atoms with Crippen LogP contribution in [-0.2, 0) is 4.74 Å². The Morgan fingerprint density at radius 1 is 0.862 bits per heavy atom. The van der Waals surface area contributed by atoms with E-state index in [-0.39, 0.29) is 5.91 Å². The number of anilines is 3. The number of hydrogen-bond acceptors (Lipinski definition) is 5. The second-order valence-electron chi connectivity index (χ2n) is 6.88. The van der Waals surface area contributed by atoms with Gasteiger partial charge >= 0.3 is 5.97 Å². The predicted molar refractivity (Wildman–Crippen MR) is 114 cm³/mol. The summed E-state index contributed by atoms with van der Waals surface area (Å²) in [6.07, 6.45) is 3.19. The van der Waals surface area contributed by atoms with E-state index in [1.165, 1.54) is 18.9 Å². The molecule has 1 heterocycles. The standard InChI is InChI=1S/C23H23N3O3/c1-14-9-15(2)21(16(3)10-14)25-20-11-18(12-24-13-20)22(27)26-19-7-5-17(6-8-19)23(28)29-4/h5-13,25H,1-4H3,(H,26,27). The van der Waals surface area contributed by atoms with E-state index in [1.807, 2.05) is 13.8 Å². The number of amides is 1. The number of carbonyl (C=O) groups is 2. The highest BCUT2D eigenvalue weighted by molar-refractivity contribution is 6.04. The lowest BCUT2D eigenvalue weighted by molar-refractivity contribution is 0.0600.